The van der Waals surface area contributed by atoms with Crippen molar-refractivity contribution in [2.75, 3.05) is 25.0 Å². The molecule has 3 N–H and O–H groups in total. The predicted octanol–water partition coefficient (Wildman–Crippen LogP) is -0.141. The maximum Gasteiger partial charge on any atom is 0.222 e. The van der Waals surface area contributed by atoms with Gasteiger partial charge in [-0.3, -0.25) is 0 Å². The fraction of sp³-hybridized carbons (Fsp3) is 0.556. The van der Waals surface area contributed by atoms with E-state index in [9.17, 15) is 0 Å². The molecule has 0 aliphatic carbocycles. The van der Waals surface area contributed by atoms with Crippen molar-refractivity contribution < 1.29 is 5.11 Å². The molecule has 0 fully saturated rings. The zero-order valence-electron chi connectivity index (χ0n) is 8.27. The first-order valence-corrected chi connectivity index (χ1v) is 4.68. The summed E-state index contributed by atoms with van der Waals surface area (Å²) in [7, 11) is 0. The molecule has 0 saturated carbocycles. The van der Waals surface area contributed by atoms with E-state index in [1.807, 2.05) is 0 Å². The van der Waals surface area contributed by atoms with Gasteiger partial charge in [-0.1, -0.05) is 0 Å². The number of nitrogens with one attached hydrogen (secondary N) is 2. The molecule has 78 valence electrons. The zero-order chi connectivity index (χ0) is 10.2. The maximum atomic E-state index is 8.96. The summed E-state index contributed by atoms with van der Waals surface area (Å²) < 4.78 is 0. The summed E-state index contributed by atoms with van der Waals surface area (Å²) >= 11 is 0. The van der Waals surface area contributed by atoms with Gasteiger partial charge in [0.25, 0.3) is 0 Å². The lowest BCUT2D eigenvalue weighted by molar-refractivity contribution is 0.192. The highest BCUT2D eigenvalue weighted by Gasteiger charge is 1.94. The van der Waals surface area contributed by atoms with Gasteiger partial charge in [0.15, 0.2) is 0 Å². The minimum Gasteiger partial charge on any atom is -0.392 e. The van der Waals surface area contributed by atoms with Crippen LogP contribution < -0.4 is 10.6 Å². The highest BCUT2D eigenvalue weighted by Crippen LogP contribution is 1.91. The fourth-order valence-corrected chi connectivity index (χ4v) is 0.964. The lowest BCUT2D eigenvalue weighted by Gasteiger charge is -2.07. The molecule has 5 heteroatoms. The van der Waals surface area contributed by atoms with Crippen LogP contribution in [0.25, 0.3) is 0 Å². The molecule has 0 aromatic carbocycles. The van der Waals surface area contributed by atoms with Crippen molar-refractivity contribution >= 4 is 5.95 Å². The number of aromatic nitrogens is 2. The summed E-state index contributed by atoms with van der Waals surface area (Å²) in [6.07, 6.45) is 3.08. The van der Waals surface area contributed by atoms with Crippen molar-refractivity contribution in [1.82, 2.24) is 15.3 Å². The SMILES string of the molecule is CC(O)CNCCNc1ncccn1. The van der Waals surface area contributed by atoms with Gasteiger partial charge in [-0.05, 0) is 13.0 Å². The van der Waals surface area contributed by atoms with Crippen LogP contribution >= 0.6 is 0 Å². The molecule has 0 saturated heterocycles. The van der Waals surface area contributed by atoms with Gasteiger partial charge < -0.3 is 15.7 Å². The van der Waals surface area contributed by atoms with Gasteiger partial charge in [0.2, 0.25) is 5.95 Å². The Morgan fingerprint density at radius 2 is 2.07 bits per heavy atom. The Morgan fingerprint density at radius 1 is 1.36 bits per heavy atom. The molecule has 1 unspecified atom stereocenters. The summed E-state index contributed by atoms with van der Waals surface area (Å²) in [6.45, 7) is 3.89. The molecular formula is C9H16N4O. The molecule has 0 bridgehead atoms. The number of hydrogen-bond acceptors (Lipinski definition) is 5. The average Bonchev–Trinajstić information content (AvgIpc) is 2.18. The second-order valence-corrected chi connectivity index (χ2v) is 3.05. The number of anilines is 1. The third kappa shape index (κ3) is 4.74. The monoisotopic (exact) mass is 196 g/mol. The minimum atomic E-state index is -0.303. The third-order valence-electron chi connectivity index (χ3n) is 1.59. The van der Waals surface area contributed by atoms with Crippen molar-refractivity contribution in [2.45, 2.75) is 13.0 Å². The van der Waals surface area contributed by atoms with Crippen molar-refractivity contribution in [1.29, 1.82) is 0 Å². The largest absolute Gasteiger partial charge is 0.392 e. The van der Waals surface area contributed by atoms with Gasteiger partial charge in [-0.2, -0.15) is 0 Å². The Bertz CT molecular complexity index is 240. The van der Waals surface area contributed by atoms with E-state index in [0.717, 1.165) is 13.1 Å². The first-order valence-electron chi connectivity index (χ1n) is 4.68. The van der Waals surface area contributed by atoms with E-state index in [4.69, 9.17) is 5.11 Å². The smallest absolute Gasteiger partial charge is 0.222 e. The molecule has 0 radical (unpaired) electrons. The van der Waals surface area contributed by atoms with Crippen LogP contribution in [0.1, 0.15) is 6.92 Å². The van der Waals surface area contributed by atoms with E-state index in [1.54, 1.807) is 25.4 Å². The maximum absolute atomic E-state index is 8.96. The van der Waals surface area contributed by atoms with E-state index in [1.165, 1.54) is 0 Å². The summed E-state index contributed by atoms with van der Waals surface area (Å²) in [5.74, 6) is 0.631. The van der Waals surface area contributed by atoms with Crippen molar-refractivity contribution in [3.05, 3.63) is 18.5 Å². The molecule has 0 spiro atoms. The van der Waals surface area contributed by atoms with Crippen molar-refractivity contribution in [3.8, 4) is 0 Å². The van der Waals surface area contributed by atoms with Crippen LogP contribution in [0.3, 0.4) is 0 Å². The van der Waals surface area contributed by atoms with E-state index >= 15 is 0 Å². The van der Waals surface area contributed by atoms with Crippen LogP contribution in [0.4, 0.5) is 5.95 Å². The highest BCUT2D eigenvalue weighted by atomic mass is 16.3. The van der Waals surface area contributed by atoms with Gasteiger partial charge in [0.1, 0.15) is 0 Å². The number of hydrogen-bond donors (Lipinski definition) is 3. The van der Waals surface area contributed by atoms with Crippen LogP contribution in [0.5, 0.6) is 0 Å². The van der Waals surface area contributed by atoms with Crippen LogP contribution in [0.2, 0.25) is 0 Å². The number of nitrogens with zero attached hydrogens (tertiary/aromatic N) is 2. The van der Waals surface area contributed by atoms with Gasteiger partial charge in [-0.15, -0.1) is 0 Å². The average molecular weight is 196 g/mol. The Labute approximate surface area is 83.6 Å². The van der Waals surface area contributed by atoms with Gasteiger partial charge in [0.05, 0.1) is 6.10 Å². The Hall–Kier alpha value is -1.20. The Morgan fingerprint density at radius 3 is 2.71 bits per heavy atom. The topological polar surface area (TPSA) is 70.1 Å². The molecule has 14 heavy (non-hydrogen) atoms. The van der Waals surface area contributed by atoms with Crippen molar-refractivity contribution in [2.24, 2.45) is 0 Å². The zero-order valence-corrected chi connectivity index (χ0v) is 8.27. The van der Waals surface area contributed by atoms with E-state index in [0.29, 0.717) is 12.5 Å². The number of aliphatic hydroxyl groups is 1. The molecule has 0 amide bonds. The standard InChI is InChI=1S/C9H16N4O/c1-8(14)7-10-5-6-13-9-11-3-2-4-12-9/h2-4,8,10,14H,5-7H2,1H3,(H,11,12,13). The second kappa shape index (κ2) is 6.28. The van der Waals surface area contributed by atoms with Gasteiger partial charge in [0, 0.05) is 32.0 Å². The quantitative estimate of drug-likeness (QED) is 0.552. The van der Waals surface area contributed by atoms with E-state index in [-0.39, 0.29) is 6.10 Å². The van der Waals surface area contributed by atoms with E-state index < -0.39 is 0 Å². The first-order chi connectivity index (χ1) is 6.79. The summed E-state index contributed by atoms with van der Waals surface area (Å²) in [5.41, 5.74) is 0. The second-order valence-electron chi connectivity index (χ2n) is 3.05. The lowest BCUT2D eigenvalue weighted by atomic mass is 10.4. The van der Waals surface area contributed by atoms with Crippen LogP contribution in [0, 0.1) is 0 Å². The molecule has 1 heterocycles. The van der Waals surface area contributed by atoms with Gasteiger partial charge >= 0.3 is 0 Å². The third-order valence-corrected chi connectivity index (χ3v) is 1.59. The minimum absolute atomic E-state index is 0.303. The van der Waals surface area contributed by atoms with Crippen LogP contribution in [-0.4, -0.2) is 40.8 Å². The fourth-order valence-electron chi connectivity index (χ4n) is 0.964. The molecule has 0 aliphatic heterocycles. The molecule has 1 rings (SSSR count). The van der Waals surface area contributed by atoms with Crippen molar-refractivity contribution in [3.63, 3.8) is 0 Å². The number of aliphatic hydroxyl groups excluding tert-OH is 1. The first kappa shape index (κ1) is 10.9. The Kier molecular flexibility index (Phi) is 4.88. The van der Waals surface area contributed by atoms with Gasteiger partial charge in [-0.25, -0.2) is 9.97 Å². The molecule has 1 aromatic rings. The molecule has 5 nitrogen and oxygen atoms in total. The van der Waals surface area contributed by atoms with E-state index in [2.05, 4.69) is 20.6 Å². The summed E-state index contributed by atoms with van der Waals surface area (Å²) in [4.78, 5) is 8.02. The molecule has 1 aromatic heterocycles. The summed E-state index contributed by atoms with van der Waals surface area (Å²) in [5, 5.41) is 15.1. The lowest BCUT2D eigenvalue weighted by Crippen LogP contribution is -2.29. The Balaban J connectivity index is 2.05. The number of rotatable bonds is 6. The molecular weight excluding hydrogens is 180 g/mol. The highest BCUT2D eigenvalue weighted by molar-refractivity contribution is 5.21. The van der Waals surface area contributed by atoms with Crippen LogP contribution in [0.15, 0.2) is 18.5 Å². The molecule has 1 atom stereocenters. The predicted molar refractivity (Wildman–Crippen MR) is 55.1 cm³/mol. The normalized spacial score (nSPS) is 12.4. The van der Waals surface area contributed by atoms with Crippen LogP contribution in [-0.2, 0) is 0 Å². The summed E-state index contributed by atoms with van der Waals surface area (Å²) in [6, 6.07) is 1.77. The molecule has 0 aliphatic rings.